The van der Waals surface area contributed by atoms with E-state index in [4.69, 9.17) is 18.9 Å². The molecule has 0 aliphatic heterocycles. The molecule has 16 heavy (non-hydrogen) atoms. The molecule has 0 aliphatic rings. The van der Waals surface area contributed by atoms with Gasteiger partial charge in [-0.05, 0) is 0 Å². The van der Waals surface area contributed by atoms with Crippen LogP contribution < -0.4 is 0 Å². The van der Waals surface area contributed by atoms with Gasteiger partial charge in [-0.25, -0.2) is 0 Å². The van der Waals surface area contributed by atoms with Crippen molar-refractivity contribution in [3.63, 3.8) is 0 Å². The lowest BCUT2D eigenvalue weighted by molar-refractivity contribution is 0.00176. The van der Waals surface area contributed by atoms with Gasteiger partial charge in [-0.1, -0.05) is 45.2 Å². The fourth-order valence-electron chi connectivity index (χ4n) is 0.871. The Kier molecular flexibility index (Phi) is 17.6. The molecule has 0 aliphatic carbocycles. The highest BCUT2D eigenvalue weighted by atomic mass is 127. The molecular formula is C10H20I2O4. The average molecular weight is 458 g/mol. The Balaban J connectivity index is 2.83. The molecule has 0 fully saturated rings. The second-order valence-electron chi connectivity index (χ2n) is 2.83. The van der Waals surface area contributed by atoms with Gasteiger partial charge in [0, 0.05) is 8.86 Å². The normalized spacial score (nSPS) is 10.9. The van der Waals surface area contributed by atoms with Gasteiger partial charge in [-0.15, -0.1) is 0 Å². The second-order valence-corrected chi connectivity index (χ2v) is 4.98. The molecule has 0 spiro atoms. The summed E-state index contributed by atoms with van der Waals surface area (Å²) in [6, 6.07) is 0. The number of hydrogen-bond donors (Lipinski definition) is 0. The summed E-state index contributed by atoms with van der Waals surface area (Å²) >= 11 is 4.56. The zero-order chi connectivity index (χ0) is 11.9. The van der Waals surface area contributed by atoms with Crippen molar-refractivity contribution in [1.29, 1.82) is 0 Å². The van der Waals surface area contributed by atoms with Crippen LogP contribution in [0.4, 0.5) is 0 Å². The van der Waals surface area contributed by atoms with E-state index in [1.165, 1.54) is 0 Å². The first-order chi connectivity index (χ1) is 7.91. The third-order valence-electron chi connectivity index (χ3n) is 1.56. The Bertz CT molecular complexity index is 113. The summed E-state index contributed by atoms with van der Waals surface area (Å²) in [6.07, 6.45) is 0. The van der Waals surface area contributed by atoms with Crippen LogP contribution in [-0.2, 0) is 18.9 Å². The summed E-state index contributed by atoms with van der Waals surface area (Å²) in [5.74, 6) is 0. The smallest absolute Gasteiger partial charge is 0.0701 e. The van der Waals surface area contributed by atoms with Crippen molar-refractivity contribution in [2.24, 2.45) is 0 Å². The standard InChI is InChI=1S/C10H20I2O4/c11-1-3-13-5-7-15-9-10-16-8-6-14-4-2-12/h1-10H2. The Hall–Kier alpha value is 1.30. The van der Waals surface area contributed by atoms with Gasteiger partial charge in [-0.2, -0.15) is 0 Å². The largest absolute Gasteiger partial charge is 0.378 e. The van der Waals surface area contributed by atoms with Crippen LogP contribution in [0, 0.1) is 0 Å². The molecule has 0 rings (SSSR count). The predicted molar refractivity (Wildman–Crippen MR) is 81.1 cm³/mol. The molecule has 0 bridgehead atoms. The summed E-state index contributed by atoms with van der Waals surface area (Å²) in [5, 5.41) is 0. The zero-order valence-electron chi connectivity index (χ0n) is 9.46. The van der Waals surface area contributed by atoms with Crippen molar-refractivity contribution in [1.82, 2.24) is 0 Å². The fourth-order valence-corrected chi connectivity index (χ4v) is 1.49. The SMILES string of the molecule is ICCOCCOCCOCCOCCI. The molecule has 0 atom stereocenters. The van der Waals surface area contributed by atoms with Crippen LogP contribution in [-0.4, -0.2) is 61.7 Å². The maximum atomic E-state index is 5.31. The monoisotopic (exact) mass is 458 g/mol. The van der Waals surface area contributed by atoms with E-state index in [0.717, 1.165) is 22.1 Å². The number of halogens is 2. The Morgan fingerprint density at radius 1 is 0.438 bits per heavy atom. The lowest BCUT2D eigenvalue weighted by Crippen LogP contribution is -2.12. The molecule has 0 amide bonds. The van der Waals surface area contributed by atoms with Crippen molar-refractivity contribution >= 4 is 45.2 Å². The quantitative estimate of drug-likeness (QED) is 0.240. The van der Waals surface area contributed by atoms with Crippen LogP contribution in [0.1, 0.15) is 0 Å². The van der Waals surface area contributed by atoms with Gasteiger partial charge in [0.2, 0.25) is 0 Å². The minimum absolute atomic E-state index is 0.625. The summed E-state index contributed by atoms with van der Waals surface area (Å²) in [7, 11) is 0. The lowest BCUT2D eigenvalue weighted by atomic mass is 10.7. The molecule has 0 saturated heterocycles. The molecule has 0 aromatic carbocycles. The van der Waals surface area contributed by atoms with E-state index < -0.39 is 0 Å². The first-order valence-corrected chi connectivity index (χ1v) is 8.40. The Morgan fingerprint density at radius 3 is 0.938 bits per heavy atom. The number of hydrogen-bond acceptors (Lipinski definition) is 4. The minimum Gasteiger partial charge on any atom is -0.378 e. The molecule has 0 radical (unpaired) electrons. The van der Waals surface area contributed by atoms with Crippen LogP contribution in [0.2, 0.25) is 0 Å². The second kappa shape index (κ2) is 16.3. The van der Waals surface area contributed by atoms with Crippen LogP contribution >= 0.6 is 45.2 Å². The number of rotatable bonds is 13. The van der Waals surface area contributed by atoms with Crippen molar-refractivity contribution in [2.45, 2.75) is 0 Å². The van der Waals surface area contributed by atoms with E-state index in [2.05, 4.69) is 45.2 Å². The fraction of sp³-hybridized carbons (Fsp3) is 1.00. The van der Waals surface area contributed by atoms with Gasteiger partial charge in [-0.3, -0.25) is 0 Å². The van der Waals surface area contributed by atoms with Gasteiger partial charge < -0.3 is 18.9 Å². The minimum atomic E-state index is 0.625. The first-order valence-electron chi connectivity index (χ1n) is 5.34. The Labute approximate surface area is 125 Å². The van der Waals surface area contributed by atoms with E-state index in [1.807, 2.05) is 0 Å². The maximum Gasteiger partial charge on any atom is 0.0701 e. The zero-order valence-corrected chi connectivity index (χ0v) is 13.8. The van der Waals surface area contributed by atoms with Gasteiger partial charge in [0.1, 0.15) is 0 Å². The van der Waals surface area contributed by atoms with Crippen LogP contribution in [0.25, 0.3) is 0 Å². The number of ether oxygens (including phenoxy) is 4. The van der Waals surface area contributed by atoms with Gasteiger partial charge in [0.25, 0.3) is 0 Å². The van der Waals surface area contributed by atoms with E-state index in [0.29, 0.717) is 39.6 Å². The summed E-state index contributed by atoms with van der Waals surface area (Å²) in [4.78, 5) is 0. The molecule has 0 unspecified atom stereocenters. The maximum absolute atomic E-state index is 5.31. The van der Waals surface area contributed by atoms with E-state index >= 15 is 0 Å². The van der Waals surface area contributed by atoms with Crippen molar-refractivity contribution in [3.8, 4) is 0 Å². The van der Waals surface area contributed by atoms with Gasteiger partial charge >= 0.3 is 0 Å². The highest BCUT2D eigenvalue weighted by Crippen LogP contribution is 1.86. The number of alkyl halides is 2. The van der Waals surface area contributed by atoms with Crippen LogP contribution in [0.3, 0.4) is 0 Å². The summed E-state index contributed by atoms with van der Waals surface area (Å²) in [5.41, 5.74) is 0. The topological polar surface area (TPSA) is 36.9 Å². The highest BCUT2D eigenvalue weighted by molar-refractivity contribution is 14.1. The lowest BCUT2D eigenvalue weighted by Gasteiger charge is -2.06. The van der Waals surface area contributed by atoms with Crippen LogP contribution in [0.5, 0.6) is 0 Å². The first kappa shape index (κ1) is 17.3. The van der Waals surface area contributed by atoms with Gasteiger partial charge in [0.05, 0.1) is 52.9 Å². The summed E-state index contributed by atoms with van der Waals surface area (Å²) in [6.45, 7) is 5.48. The van der Waals surface area contributed by atoms with Gasteiger partial charge in [0.15, 0.2) is 0 Å². The molecule has 0 aromatic rings. The van der Waals surface area contributed by atoms with Crippen LogP contribution in [0.15, 0.2) is 0 Å². The van der Waals surface area contributed by atoms with Crippen molar-refractivity contribution in [2.75, 3.05) is 61.7 Å². The summed E-state index contributed by atoms with van der Waals surface area (Å²) < 4.78 is 23.2. The molecular weight excluding hydrogens is 438 g/mol. The van der Waals surface area contributed by atoms with Crippen molar-refractivity contribution in [3.05, 3.63) is 0 Å². The van der Waals surface area contributed by atoms with E-state index in [-0.39, 0.29) is 0 Å². The van der Waals surface area contributed by atoms with Crippen molar-refractivity contribution < 1.29 is 18.9 Å². The average Bonchev–Trinajstić information content (AvgIpc) is 2.31. The van der Waals surface area contributed by atoms with E-state index in [1.54, 1.807) is 0 Å². The highest BCUT2D eigenvalue weighted by Gasteiger charge is 1.91. The molecule has 0 saturated carbocycles. The van der Waals surface area contributed by atoms with E-state index in [9.17, 15) is 0 Å². The molecule has 0 aromatic heterocycles. The molecule has 6 heteroatoms. The molecule has 0 heterocycles. The third-order valence-corrected chi connectivity index (χ3v) is 2.44. The predicted octanol–water partition coefficient (Wildman–Crippen LogP) is 1.92. The molecule has 0 N–H and O–H groups in total. The molecule has 98 valence electrons. The third kappa shape index (κ3) is 15.3. The molecule has 4 nitrogen and oxygen atoms in total. The Morgan fingerprint density at radius 2 is 0.688 bits per heavy atom.